The van der Waals surface area contributed by atoms with Crippen molar-refractivity contribution >= 4 is 34.0 Å². The highest BCUT2D eigenvalue weighted by Crippen LogP contribution is 2.29. The Kier molecular flexibility index (Phi) is 4.93. The number of fused-ring (bicyclic) bond motifs is 1. The summed E-state index contributed by atoms with van der Waals surface area (Å²) in [6, 6.07) is 14.7. The highest BCUT2D eigenvalue weighted by atomic mass is 35.5. The number of aromatic hydroxyl groups is 2. The molecule has 3 rings (SSSR count). The first kappa shape index (κ1) is 16.5. The van der Waals surface area contributed by atoms with E-state index in [-0.39, 0.29) is 17.1 Å². The van der Waals surface area contributed by atoms with Crippen molar-refractivity contribution in [2.75, 3.05) is 5.73 Å². The van der Waals surface area contributed by atoms with Gasteiger partial charge in [-0.05, 0) is 30.3 Å². The fourth-order valence-electron chi connectivity index (χ4n) is 1.97. The molecule has 0 saturated carbocycles. The van der Waals surface area contributed by atoms with Crippen LogP contribution in [0.4, 0.5) is 5.69 Å². The van der Waals surface area contributed by atoms with Gasteiger partial charge in [-0.25, -0.2) is 4.79 Å². The molecule has 0 bridgehead atoms. The molecule has 5 N–H and O–H groups in total. The number of carboxylic acids is 1. The lowest BCUT2D eigenvalue weighted by Crippen LogP contribution is -1.97. The molecule has 3 aromatic rings. The van der Waals surface area contributed by atoms with Gasteiger partial charge in [-0.1, -0.05) is 35.9 Å². The van der Waals surface area contributed by atoms with E-state index in [1.165, 1.54) is 18.2 Å². The maximum atomic E-state index is 10.4. The van der Waals surface area contributed by atoms with Crippen molar-refractivity contribution in [3.63, 3.8) is 0 Å². The van der Waals surface area contributed by atoms with Crippen molar-refractivity contribution < 1.29 is 20.1 Å². The van der Waals surface area contributed by atoms with Crippen LogP contribution in [0.25, 0.3) is 10.8 Å². The van der Waals surface area contributed by atoms with Gasteiger partial charge in [-0.3, -0.25) is 0 Å². The molecule has 118 valence electrons. The minimum atomic E-state index is -1.19. The molecule has 0 amide bonds. The molecule has 0 spiro atoms. The van der Waals surface area contributed by atoms with Crippen molar-refractivity contribution in [2.24, 2.45) is 0 Å². The summed E-state index contributed by atoms with van der Waals surface area (Å²) < 4.78 is 0. The number of nitrogen functional groups attached to an aromatic ring is 1. The molecule has 0 radical (unpaired) electrons. The smallest absolute Gasteiger partial charge is 0.339 e. The van der Waals surface area contributed by atoms with Crippen LogP contribution in [0, 0.1) is 0 Å². The zero-order valence-electron chi connectivity index (χ0n) is 11.9. The van der Waals surface area contributed by atoms with E-state index in [2.05, 4.69) is 0 Å². The Morgan fingerprint density at radius 3 is 2.09 bits per heavy atom. The Morgan fingerprint density at radius 1 is 0.913 bits per heavy atom. The second-order valence-electron chi connectivity index (χ2n) is 4.69. The van der Waals surface area contributed by atoms with Gasteiger partial charge in [0.05, 0.1) is 0 Å². The zero-order valence-corrected chi connectivity index (χ0v) is 12.7. The van der Waals surface area contributed by atoms with Crippen LogP contribution in [0.3, 0.4) is 0 Å². The molecule has 0 aliphatic rings. The molecule has 0 fully saturated rings. The number of phenolic OH excluding ortho intramolecular Hbond substituents is 1. The minimum absolute atomic E-state index is 0.176. The van der Waals surface area contributed by atoms with Crippen LogP contribution in [-0.4, -0.2) is 21.3 Å². The largest absolute Gasteiger partial charge is 0.507 e. The Labute approximate surface area is 137 Å². The van der Waals surface area contributed by atoms with Crippen LogP contribution in [0.5, 0.6) is 11.5 Å². The van der Waals surface area contributed by atoms with Gasteiger partial charge in [-0.15, -0.1) is 0 Å². The first-order valence-electron chi connectivity index (χ1n) is 6.58. The Balaban J connectivity index is 0.000000168. The quantitative estimate of drug-likeness (QED) is 0.400. The van der Waals surface area contributed by atoms with Crippen molar-refractivity contribution in [1.29, 1.82) is 0 Å². The lowest BCUT2D eigenvalue weighted by atomic mass is 10.1. The van der Waals surface area contributed by atoms with E-state index in [0.717, 1.165) is 10.8 Å². The molecule has 0 aliphatic carbocycles. The number of carbonyl (C=O) groups is 1. The first-order valence-corrected chi connectivity index (χ1v) is 6.96. The number of phenols is 2. The third kappa shape index (κ3) is 3.84. The summed E-state index contributed by atoms with van der Waals surface area (Å²) >= 11 is 5.92. The molecule has 0 atom stereocenters. The van der Waals surface area contributed by atoms with Gasteiger partial charge in [0.1, 0.15) is 17.1 Å². The molecule has 5 nitrogen and oxygen atoms in total. The van der Waals surface area contributed by atoms with E-state index in [4.69, 9.17) is 27.5 Å². The van der Waals surface area contributed by atoms with Crippen LogP contribution in [0.15, 0.2) is 54.6 Å². The van der Waals surface area contributed by atoms with E-state index in [1.807, 2.05) is 24.3 Å². The van der Waals surface area contributed by atoms with Gasteiger partial charge < -0.3 is 21.1 Å². The van der Waals surface area contributed by atoms with Gasteiger partial charge in [0.2, 0.25) is 0 Å². The second kappa shape index (κ2) is 6.89. The van der Waals surface area contributed by atoms with Crippen LogP contribution >= 0.6 is 11.6 Å². The molecule has 6 heteroatoms. The van der Waals surface area contributed by atoms with Gasteiger partial charge in [-0.2, -0.15) is 0 Å². The minimum Gasteiger partial charge on any atom is -0.507 e. The zero-order chi connectivity index (χ0) is 17.0. The Hall–Kier alpha value is -2.92. The predicted octanol–water partition coefficient (Wildman–Crippen LogP) is 3.87. The normalized spacial score (nSPS) is 9.96. The number of aromatic carboxylic acids is 1. The second-order valence-corrected chi connectivity index (χ2v) is 5.10. The van der Waals surface area contributed by atoms with Crippen molar-refractivity contribution in [3.05, 3.63) is 65.2 Å². The molecular formula is C17H14ClNO4. The van der Waals surface area contributed by atoms with Gasteiger partial charge >= 0.3 is 5.97 Å². The number of benzene rings is 3. The molecule has 0 unspecified atom stereocenters. The number of carboxylic acid groups (broad SMARTS) is 1. The average Bonchev–Trinajstić information content (AvgIpc) is 2.54. The molecule has 0 heterocycles. The lowest BCUT2D eigenvalue weighted by Gasteiger charge is -2.01. The Morgan fingerprint density at radius 2 is 1.52 bits per heavy atom. The molecule has 23 heavy (non-hydrogen) atoms. The van der Waals surface area contributed by atoms with Gasteiger partial charge in [0, 0.05) is 21.5 Å². The summed E-state index contributed by atoms with van der Waals surface area (Å²) in [7, 11) is 0. The maximum absolute atomic E-state index is 10.4. The summed E-state index contributed by atoms with van der Waals surface area (Å²) in [6.07, 6.45) is 0. The Bertz CT molecular complexity index is 824. The van der Waals surface area contributed by atoms with E-state index >= 15 is 0 Å². The molecule has 3 aromatic carbocycles. The molecule has 0 aromatic heterocycles. The van der Waals surface area contributed by atoms with Gasteiger partial charge in [0.25, 0.3) is 0 Å². The highest BCUT2D eigenvalue weighted by molar-refractivity contribution is 6.35. The number of halogens is 1. The third-order valence-electron chi connectivity index (χ3n) is 3.10. The summed E-state index contributed by atoms with van der Waals surface area (Å²) in [5.41, 5.74) is 5.43. The number of anilines is 1. The SMILES string of the molecule is Nc1ccc(O)c(C(=O)O)c1.Oc1ccc(Cl)c2ccccc12. The molecule has 0 saturated heterocycles. The number of hydrogen-bond acceptors (Lipinski definition) is 4. The average molecular weight is 332 g/mol. The van der Waals surface area contributed by atoms with Crippen LogP contribution in [0.1, 0.15) is 10.4 Å². The van der Waals surface area contributed by atoms with Crippen molar-refractivity contribution in [3.8, 4) is 11.5 Å². The number of hydrogen-bond donors (Lipinski definition) is 4. The number of nitrogens with two attached hydrogens (primary N) is 1. The maximum Gasteiger partial charge on any atom is 0.339 e. The van der Waals surface area contributed by atoms with E-state index in [0.29, 0.717) is 10.7 Å². The highest BCUT2D eigenvalue weighted by Gasteiger charge is 2.08. The fraction of sp³-hybridized carbons (Fsp3) is 0. The standard InChI is InChI=1S/C10H7ClO.C7H7NO3/c11-9-5-6-10(12)8-4-2-1-3-7(8)9;8-4-1-2-6(9)5(3-4)7(10)11/h1-6,12H;1-3,9H,8H2,(H,10,11). The molecular weight excluding hydrogens is 318 g/mol. The summed E-state index contributed by atoms with van der Waals surface area (Å²) in [5.74, 6) is -1.18. The van der Waals surface area contributed by atoms with Crippen LogP contribution < -0.4 is 5.73 Å². The predicted molar refractivity (Wildman–Crippen MR) is 90.1 cm³/mol. The van der Waals surface area contributed by atoms with Crippen molar-refractivity contribution in [1.82, 2.24) is 0 Å². The van der Waals surface area contributed by atoms with Gasteiger partial charge in [0.15, 0.2) is 0 Å². The van der Waals surface area contributed by atoms with E-state index < -0.39 is 5.97 Å². The summed E-state index contributed by atoms with van der Waals surface area (Å²) in [6.45, 7) is 0. The monoisotopic (exact) mass is 331 g/mol. The van der Waals surface area contributed by atoms with Crippen LogP contribution in [0.2, 0.25) is 5.02 Å². The van der Waals surface area contributed by atoms with E-state index in [9.17, 15) is 9.90 Å². The molecule has 0 aliphatic heterocycles. The summed E-state index contributed by atoms with van der Waals surface area (Å²) in [4.78, 5) is 10.4. The number of rotatable bonds is 1. The first-order chi connectivity index (χ1) is 10.9. The topological polar surface area (TPSA) is 104 Å². The van der Waals surface area contributed by atoms with E-state index in [1.54, 1.807) is 12.1 Å². The summed E-state index contributed by atoms with van der Waals surface area (Å²) in [5, 5.41) is 29.2. The third-order valence-corrected chi connectivity index (χ3v) is 3.43. The van der Waals surface area contributed by atoms with Crippen LogP contribution in [-0.2, 0) is 0 Å². The lowest BCUT2D eigenvalue weighted by molar-refractivity contribution is 0.0694. The van der Waals surface area contributed by atoms with Crippen molar-refractivity contribution in [2.45, 2.75) is 0 Å². The fourth-order valence-corrected chi connectivity index (χ4v) is 2.20.